The Hall–Kier alpha value is -1.97. The largest absolute Gasteiger partial charge is 0.490 e. The van der Waals surface area contributed by atoms with Gasteiger partial charge >= 0.3 is 0 Å². The van der Waals surface area contributed by atoms with Gasteiger partial charge in [0.25, 0.3) is 0 Å². The van der Waals surface area contributed by atoms with E-state index in [2.05, 4.69) is 34.6 Å². The van der Waals surface area contributed by atoms with Crippen molar-refractivity contribution in [1.82, 2.24) is 15.8 Å². The highest BCUT2D eigenvalue weighted by atomic mass is 127. The topological polar surface area (TPSA) is 80.9 Å². The lowest BCUT2D eigenvalue weighted by Gasteiger charge is -2.11. The standard InChI is InChI=1S/C20H28N4O3.HI/c1-4-21-20(23-13-16-11-17(14(2)3)24-27-16)22-12-15-6-7-18-19(10-15)26-9-5-8-25-18;/h6-7,10-11,14H,4-5,8-9,12-13H2,1-3H3,(H2,21,22,23);1H. The van der Waals surface area contributed by atoms with Crippen LogP contribution in [0.25, 0.3) is 0 Å². The van der Waals surface area contributed by atoms with Gasteiger partial charge in [-0.3, -0.25) is 0 Å². The summed E-state index contributed by atoms with van der Waals surface area (Å²) in [7, 11) is 0. The zero-order valence-electron chi connectivity index (χ0n) is 16.7. The number of aliphatic imine (C=N–C) groups is 1. The first kappa shape index (κ1) is 22.3. The molecule has 2 heterocycles. The normalized spacial score (nSPS) is 13.6. The van der Waals surface area contributed by atoms with Crippen molar-refractivity contribution in [1.29, 1.82) is 0 Å². The highest BCUT2D eigenvalue weighted by Gasteiger charge is 2.11. The van der Waals surface area contributed by atoms with Crippen molar-refractivity contribution in [3.8, 4) is 11.5 Å². The molecule has 2 aromatic rings. The first-order valence-corrected chi connectivity index (χ1v) is 9.52. The van der Waals surface area contributed by atoms with E-state index in [1.165, 1.54) is 0 Å². The smallest absolute Gasteiger partial charge is 0.191 e. The Morgan fingerprint density at radius 3 is 2.64 bits per heavy atom. The fraction of sp³-hybridized carbons (Fsp3) is 0.500. The van der Waals surface area contributed by atoms with Crippen LogP contribution in [0.15, 0.2) is 33.8 Å². The molecule has 0 atom stereocenters. The van der Waals surface area contributed by atoms with Gasteiger partial charge in [-0.15, -0.1) is 24.0 Å². The molecule has 8 heteroatoms. The lowest BCUT2D eigenvalue weighted by molar-refractivity contribution is 0.297. The molecule has 28 heavy (non-hydrogen) atoms. The molecule has 0 amide bonds. The number of ether oxygens (including phenoxy) is 2. The molecule has 7 nitrogen and oxygen atoms in total. The highest BCUT2D eigenvalue weighted by Crippen LogP contribution is 2.30. The van der Waals surface area contributed by atoms with Crippen molar-refractivity contribution in [2.45, 2.75) is 46.2 Å². The summed E-state index contributed by atoms with van der Waals surface area (Å²) in [6, 6.07) is 7.95. The van der Waals surface area contributed by atoms with Crippen LogP contribution in [0.5, 0.6) is 11.5 Å². The molecule has 0 spiro atoms. The molecule has 0 bridgehead atoms. The molecule has 3 rings (SSSR count). The van der Waals surface area contributed by atoms with Gasteiger partial charge in [-0.2, -0.15) is 0 Å². The summed E-state index contributed by atoms with van der Waals surface area (Å²) >= 11 is 0. The second-order valence-corrected chi connectivity index (χ2v) is 6.75. The number of benzene rings is 1. The van der Waals surface area contributed by atoms with E-state index >= 15 is 0 Å². The Kier molecular flexibility index (Phi) is 8.88. The monoisotopic (exact) mass is 500 g/mol. The van der Waals surface area contributed by atoms with Gasteiger partial charge in [0.05, 0.1) is 32.0 Å². The zero-order valence-corrected chi connectivity index (χ0v) is 19.0. The molecular formula is C20H29IN4O3. The van der Waals surface area contributed by atoms with Gasteiger partial charge in [0, 0.05) is 19.0 Å². The van der Waals surface area contributed by atoms with E-state index in [4.69, 9.17) is 14.0 Å². The van der Waals surface area contributed by atoms with E-state index in [1.807, 2.05) is 31.2 Å². The molecule has 0 saturated heterocycles. The van der Waals surface area contributed by atoms with Gasteiger partial charge in [-0.05, 0) is 30.5 Å². The Balaban J connectivity index is 0.00000280. The van der Waals surface area contributed by atoms with Crippen LogP contribution in [-0.2, 0) is 13.1 Å². The van der Waals surface area contributed by atoms with E-state index in [9.17, 15) is 0 Å². The third-order valence-corrected chi connectivity index (χ3v) is 4.17. The minimum absolute atomic E-state index is 0. The third-order valence-electron chi connectivity index (χ3n) is 4.17. The third kappa shape index (κ3) is 6.29. The number of fused-ring (bicyclic) bond motifs is 1. The van der Waals surface area contributed by atoms with Crippen LogP contribution in [0.4, 0.5) is 0 Å². The Morgan fingerprint density at radius 1 is 1.14 bits per heavy atom. The number of guanidine groups is 1. The predicted molar refractivity (Wildman–Crippen MR) is 120 cm³/mol. The number of nitrogens with one attached hydrogen (secondary N) is 2. The molecular weight excluding hydrogens is 471 g/mol. The maximum absolute atomic E-state index is 5.75. The van der Waals surface area contributed by atoms with Gasteiger partial charge < -0.3 is 24.6 Å². The molecule has 1 aliphatic heterocycles. The molecule has 1 aromatic heterocycles. The fourth-order valence-electron chi connectivity index (χ4n) is 2.67. The number of rotatable bonds is 6. The summed E-state index contributed by atoms with van der Waals surface area (Å²) in [5, 5.41) is 10.6. The van der Waals surface area contributed by atoms with E-state index in [0.717, 1.165) is 47.4 Å². The summed E-state index contributed by atoms with van der Waals surface area (Å²) in [5.74, 6) is 3.47. The quantitative estimate of drug-likeness (QED) is 0.357. The maximum atomic E-state index is 5.75. The summed E-state index contributed by atoms with van der Waals surface area (Å²) < 4.78 is 16.8. The molecule has 154 valence electrons. The molecule has 0 radical (unpaired) electrons. The van der Waals surface area contributed by atoms with Crippen LogP contribution >= 0.6 is 24.0 Å². The molecule has 2 N–H and O–H groups in total. The van der Waals surface area contributed by atoms with E-state index < -0.39 is 0 Å². The van der Waals surface area contributed by atoms with Gasteiger partial charge in [-0.1, -0.05) is 25.1 Å². The Morgan fingerprint density at radius 2 is 1.93 bits per heavy atom. The van der Waals surface area contributed by atoms with Crippen LogP contribution in [0.2, 0.25) is 0 Å². The molecule has 0 saturated carbocycles. The number of hydrogen-bond acceptors (Lipinski definition) is 5. The van der Waals surface area contributed by atoms with Crippen LogP contribution < -0.4 is 20.1 Å². The minimum Gasteiger partial charge on any atom is -0.490 e. The van der Waals surface area contributed by atoms with E-state index in [-0.39, 0.29) is 24.0 Å². The van der Waals surface area contributed by atoms with E-state index in [0.29, 0.717) is 32.2 Å². The Bertz CT molecular complexity index is 777. The first-order valence-electron chi connectivity index (χ1n) is 9.52. The second kappa shape index (κ2) is 11.1. The SMILES string of the molecule is CCNC(=NCc1ccc2c(c1)OCCCO2)NCc1cc(C(C)C)no1.I. The van der Waals surface area contributed by atoms with Crippen molar-refractivity contribution in [3.05, 3.63) is 41.3 Å². The van der Waals surface area contributed by atoms with Crippen LogP contribution in [0.3, 0.4) is 0 Å². The first-order chi connectivity index (χ1) is 13.2. The molecule has 0 aliphatic carbocycles. The van der Waals surface area contributed by atoms with Crippen molar-refractivity contribution in [2.75, 3.05) is 19.8 Å². The summed E-state index contributed by atoms with van der Waals surface area (Å²) in [5.41, 5.74) is 2.03. The number of hydrogen-bond donors (Lipinski definition) is 2. The second-order valence-electron chi connectivity index (χ2n) is 6.75. The van der Waals surface area contributed by atoms with Gasteiger partial charge in [0.15, 0.2) is 23.2 Å². The predicted octanol–water partition coefficient (Wildman–Crippen LogP) is 3.83. The van der Waals surface area contributed by atoms with Crippen molar-refractivity contribution in [2.24, 2.45) is 4.99 Å². The molecule has 0 unspecified atom stereocenters. The molecule has 0 fully saturated rings. The summed E-state index contributed by atoms with van der Waals surface area (Å²) in [6.45, 7) is 9.45. The lowest BCUT2D eigenvalue weighted by atomic mass is 10.1. The Labute approximate surface area is 183 Å². The summed E-state index contributed by atoms with van der Waals surface area (Å²) in [6.07, 6.45) is 0.900. The highest BCUT2D eigenvalue weighted by molar-refractivity contribution is 14.0. The number of halogens is 1. The van der Waals surface area contributed by atoms with Crippen molar-refractivity contribution in [3.63, 3.8) is 0 Å². The number of aromatic nitrogens is 1. The van der Waals surface area contributed by atoms with Gasteiger partial charge in [-0.25, -0.2) is 4.99 Å². The summed E-state index contributed by atoms with van der Waals surface area (Å²) in [4.78, 5) is 4.65. The van der Waals surface area contributed by atoms with E-state index in [1.54, 1.807) is 0 Å². The number of nitrogens with zero attached hydrogens (tertiary/aromatic N) is 2. The van der Waals surface area contributed by atoms with Crippen molar-refractivity contribution < 1.29 is 14.0 Å². The minimum atomic E-state index is 0. The molecule has 1 aromatic carbocycles. The average molecular weight is 500 g/mol. The molecule has 1 aliphatic rings. The average Bonchev–Trinajstić information content (AvgIpc) is 3.02. The fourth-order valence-corrected chi connectivity index (χ4v) is 2.67. The van der Waals surface area contributed by atoms with Crippen molar-refractivity contribution >= 4 is 29.9 Å². The van der Waals surface area contributed by atoms with Crippen LogP contribution in [0.1, 0.15) is 50.1 Å². The van der Waals surface area contributed by atoms with Gasteiger partial charge in [0.1, 0.15) is 0 Å². The van der Waals surface area contributed by atoms with Crippen LogP contribution in [-0.4, -0.2) is 30.9 Å². The lowest BCUT2D eigenvalue weighted by Crippen LogP contribution is -2.36. The zero-order chi connectivity index (χ0) is 19.1. The van der Waals surface area contributed by atoms with Gasteiger partial charge in [0.2, 0.25) is 0 Å². The van der Waals surface area contributed by atoms with Crippen LogP contribution in [0, 0.1) is 0 Å². The maximum Gasteiger partial charge on any atom is 0.191 e.